The van der Waals surface area contributed by atoms with E-state index in [0.717, 1.165) is 37.4 Å². The summed E-state index contributed by atoms with van der Waals surface area (Å²) >= 11 is 0. The Kier molecular flexibility index (Phi) is 5.11. The highest BCUT2D eigenvalue weighted by Crippen LogP contribution is 2.39. The molecule has 2 saturated heterocycles. The van der Waals surface area contributed by atoms with Gasteiger partial charge in [0.15, 0.2) is 0 Å². The molecule has 2 fully saturated rings. The van der Waals surface area contributed by atoms with Crippen molar-refractivity contribution < 1.29 is 19.1 Å². The molecule has 3 heterocycles. The second-order valence-electron chi connectivity index (χ2n) is 9.34. The minimum absolute atomic E-state index is 0.114. The Labute approximate surface area is 177 Å². The fourth-order valence-electron chi connectivity index (χ4n) is 4.42. The Bertz CT molecular complexity index is 872. The van der Waals surface area contributed by atoms with Crippen molar-refractivity contribution in [2.45, 2.75) is 57.7 Å². The lowest BCUT2D eigenvalue weighted by atomic mass is 10.0. The Balaban J connectivity index is 1.43. The van der Waals surface area contributed by atoms with Gasteiger partial charge < -0.3 is 19.4 Å². The number of hydrogen-bond acceptors (Lipinski definition) is 6. The molecular formula is C22H30N4O4. The van der Waals surface area contributed by atoms with Gasteiger partial charge in [-0.3, -0.25) is 14.9 Å². The van der Waals surface area contributed by atoms with Gasteiger partial charge in [0, 0.05) is 50.0 Å². The number of nitrogens with zero attached hydrogens (tertiary/aromatic N) is 3. The van der Waals surface area contributed by atoms with E-state index in [9.17, 15) is 14.4 Å². The van der Waals surface area contributed by atoms with E-state index in [0.29, 0.717) is 12.8 Å². The molecule has 0 saturated carbocycles. The Morgan fingerprint density at radius 3 is 2.53 bits per heavy atom. The summed E-state index contributed by atoms with van der Waals surface area (Å²) in [5, 5.41) is 2.46. The number of rotatable bonds is 3. The Morgan fingerprint density at radius 2 is 1.87 bits per heavy atom. The number of carbonyl (C=O) groups excluding carboxylic acids is 3. The maximum Gasteiger partial charge on any atom is 0.410 e. The lowest BCUT2D eigenvalue weighted by Crippen LogP contribution is -2.60. The van der Waals surface area contributed by atoms with Crippen molar-refractivity contribution in [3.05, 3.63) is 23.8 Å². The van der Waals surface area contributed by atoms with Gasteiger partial charge in [-0.2, -0.15) is 0 Å². The number of ether oxygens (including phenoxy) is 1. The number of amides is 3. The number of piperidine rings is 1. The van der Waals surface area contributed by atoms with E-state index in [2.05, 4.69) is 27.2 Å². The summed E-state index contributed by atoms with van der Waals surface area (Å²) in [6, 6.07) is 6.00. The molecule has 162 valence electrons. The number of nitrogens with one attached hydrogen (secondary N) is 1. The maximum atomic E-state index is 12.3. The zero-order valence-electron chi connectivity index (χ0n) is 18.1. The van der Waals surface area contributed by atoms with Gasteiger partial charge in [-0.25, -0.2) is 4.79 Å². The minimum Gasteiger partial charge on any atom is -0.444 e. The summed E-state index contributed by atoms with van der Waals surface area (Å²) in [5.41, 5.74) is 2.97. The van der Waals surface area contributed by atoms with Gasteiger partial charge in [0.05, 0.1) is 6.04 Å². The largest absolute Gasteiger partial charge is 0.444 e. The maximum absolute atomic E-state index is 12.3. The van der Waals surface area contributed by atoms with Crippen molar-refractivity contribution in [1.29, 1.82) is 0 Å². The topological polar surface area (TPSA) is 82.2 Å². The molecule has 1 atom stereocenters. The summed E-state index contributed by atoms with van der Waals surface area (Å²) in [6.45, 7) is 7.89. The molecule has 0 radical (unpaired) electrons. The lowest BCUT2D eigenvalue weighted by molar-refractivity contribution is -0.134. The third kappa shape index (κ3) is 3.82. The van der Waals surface area contributed by atoms with Crippen LogP contribution in [0.1, 0.15) is 39.2 Å². The van der Waals surface area contributed by atoms with Crippen LogP contribution in [0.25, 0.3) is 0 Å². The van der Waals surface area contributed by atoms with Crippen LogP contribution < -0.4 is 15.1 Å². The molecule has 0 aromatic heterocycles. The van der Waals surface area contributed by atoms with Crippen LogP contribution in [0.15, 0.2) is 18.2 Å². The summed E-state index contributed by atoms with van der Waals surface area (Å²) in [6.07, 6.45) is 1.51. The van der Waals surface area contributed by atoms with E-state index in [-0.39, 0.29) is 30.0 Å². The van der Waals surface area contributed by atoms with Crippen molar-refractivity contribution in [1.82, 2.24) is 10.2 Å². The van der Waals surface area contributed by atoms with Crippen molar-refractivity contribution in [3.8, 4) is 0 Å². The number of benzene rings is 1. The zero-order chi connectivity index (χ0) is 21.6. The number of likely N-dealkylation sites (N-methyl/N-ethyl adjacent to an activating group) is 1. The van der Waals surface area contributed by atoms with Gasteiger partial charge >= 0.3 is 6.09 Å². The predicted octanol–water partition coefficient (Wildman–Crippen LogP) is 1.91. The first kappa shape index (κ1) is 20.5. The average Bonchev–Trinajstić information content (AvgIpc) is 3.03. The SMILES string of the molecule is CN(C(=O)OC(C)(C)C)C1CN(c2cccc3c2CCN3C2CCC(=O)NC2=O)C1. The molecule has 8 nitrogen and oxygen atoms in total. The van der Waals surface area contributed by atoms with Crippen LogP contribution in [0, 0.1) is 0 Å². The first-order valence-corrected chi connectivity index (χ1v) is 10.6. The van der Waals surface area contributed by atoms with E-state index in [1.165, 1.54) is 5.56 Å². The predicted molar refractivity (Wildman–Crippen MR) is 114 cm³/mol. The van der Waals surface area contributed by atoms with Gasteiger partial charge in [0.25, 0.3) is 0 Å². The Hall–Kier alpha value is -2.77. The van der Waals surface area contributed by atoms with Crippen LogP contribution >= 0.6 is 0 Å². The number of imide groups is 1. The van der Waals surface area contributed by atoms with Crippen molar-refractivity contribution in [3.63, 3.8) is 0 Å². The summed E-state index contributed by atoms with van der Waals surface area (Å²) in [7, 11) is 1.79. The molecule has 0 bridgehead atoms. The number of anilines is 2. The molecule has 0 aliphatic carbocycles. The van der Waals surface area contributed by atoms with Crippen LogP contribution in [0.5, 0.6) is 0 Å². The fraction of sp³-hybridized carbons (Fsp3) is 0.591. The van der Waals surface area contributed by atoms with Crippen LogP contribution in [0.4, 0.5) is 16.2 Å². The molecule has 1 N–H and O–H groups in total. The van der Waals surface area contributed by atoms with Crippen LogP contribution in [0.3, 0.4) is 0 Å². The van der Waals surface area contributed by atoms with Gasteiger partial charge in [-0.15, -0.1) is 0 Å². The molecule has 3 aliphatic heterocycles. The number of hydrogen-bond donors (Lipinski definition) is 1. The molecule has 1 unspecified atom stereocenters. The first-order valence-electron chi connectivity index (χ1n) is 10.6. The number of carbonyl (C=O) groups is 3. The molecular weight excluding hydrogens is 384 g/mol. The van der Waals surface area contributed by atoms with Crippen LogP contribution in [-0.4, -0.2) is 67.2 Å². The molecule has 1 aromatic rings. The van der Waals surface area contributed by atoms with E-state index < -0.39 is 5.60 Å². The summed E-state index contributed by atoms with van der Waals surface area (Å²) in [5.74, 6) is -0.391. The first-order chi connectivity index (χ1) is 14.1. The quantitative estimate of drug-likeness (QED) is 0.761. The standard InChI is InChI=1S/C22H30N4O4/c1-22(2,3)30-21(29)24(4)14-12-25(13-14)16-6-5-7-17-15(16)10-11-26(17)18-8-9-19(27)23-20(18)28/h5-7,14,18H,8-13H2,1-4H3,(H,23,27,28). The normalized spacial score (nSPS) is 21.8. The van der Waals surface area contributed by atoms with Crippen LogP contribution in [0.2, 0.25) is 0 Å². The molecule has 0 spiro atoms. The third-order valence-corrected chi connectivity index (χ3v) is 6.06. The third-order valence-electron chi connectivity index (χ3n) is 6.06. The molecule has 1 aromatic carbocycles. The second-order valence-corrected chi connectivity index (χ2v) is 9.34. The fourth-order valence-corrected chi connectivity index (χ4v) is 4.42. The van der Waals surface area contributed by atoms with E-state index in [4.69, 9.17) is 4.74 Å². The smallest absolute Gasteiger partial charge is 0.410 e. The highest BCUT2D eigenvalue weighted by molar-refractivity contribution is 6.02. The molecule has 4 rings (SSSR count). The van der Waals surface area contributed by atoms with Crippen molar-refractivity contribution >= 4 is 29.3 Å². The second kappa shape index (κ2) is 7.49. The lowest BCUT2D eigenvalue weighted by Gasteiger charge is -2.46. The zero-order valence-corrected chi connectivity index (χ0v) is 18.1. The highest BCUT2D eigenvalue weighted by Gasteiger charge is 2.39. The minimum atomic E-state index is -0.505. The van der Waals surface area contributed by atoms with E-state index in [1.54, 1.807) is 11.9 Å². The van der Waals surface area contributed by atoms with Crippen LogP contribution in [-0.2, 0) is 20.7 Å². The monoisotopic (exact) mass is 414 g/mol. The number of fused-ring (bicyclic) bond motifs is 1. The molecule has 3 aliphatic rings. The van der Waals surface area contributed by atoms with E-state index >= 15 is 0 Å². The van der Waals surface area contributed by atoms with E-state index in [1.807, 2.05) is 26.8 Å². The molecule has 8 heteroatoms. The summed E-state index contributed by atoms with van der Waals surface area (Å²) < 4.78 is 5.47. The molecule has 30 heavy (non-hydrogen) atoms. The summed E-state index contributed by atoms with van der Waals surface area (Å²) in [4.78, 5) is 42.2. The Morgan fingerprint density at radius 1 is 1.17 bits per heavy atom. The van der Waals surface area contributed by atoms with Crippen molar-refractivity contribution in [2.24, 2.45) is 0 Å². The van der Waals surface area contributed by atoms with Gasteiger partial charge in [-0.05, 0) is 45.7 Å². The molecule has 3 amide bonds. The van der Waals surface area contributed by atoms with Crippen molar-refractivity contribution in [2.75, 3.05) is 36.5 Å². The van der Waals surface area contributed by atoms with Gasteiger partial charge in [0.1, 0.15) is 11.6 Å². The average molecular weight is 415 g/mol. The van der Waals surface area contributed by atoms with Gasteiger partial charge in [-0.1, -0.05) is 6.07 Å². The van der Waals surface area contributed by atoms with Gasteiger partial charge in [0.2, 0.25) is 11.8 Å². The highest BCUT2D eigenvalue weighted by atomic mass is 16.6.